The van der Waals surface area contributed by atoms with Crippen LogP contribution < -0.4 is 10.6 Å². The SMILES string of the molecule is O=C1Nc2cnc(Cl)nc2NC12CC2. The summed E-state index contributed by atoms with van der Waals surface area (Å²) < 4.78 is 0. The quantitative estimate of drug-likeness (QED) is 0.628. The summed E-state index contributed by atoms with van der Waals surface area (Å²) in [5, 5.41) is 6.03. The molecule has 1 spiro atoms. The van der Waals surface area contributed by atoms with Crippen molar-refractivity contribution in [3.05, 3.63) is 11.5 Å². The monoisotopic (exact) mass is 210 g/mol. The zero-order valence-corrected chi connectivity index (χ0v) is 7.93. The lowest BCUT2D eigenvalue weighted by Gasteiger charge is -2.24. The number of hydrogen-bond donors (Lipinski definition) is 2. The van der Waals surface area contributed by atoms with Gasteiger partial charge in [0, 0.05) is 0 Å². The highest BCUT2D eigenvalue weighted by atomic mass is 35.5. The Morgan fingerprint density at radius 1 is 1.50 bits per heavy atom. The number of fused-ring (bicyclic) bond motifs is 1. The van der Waals surface area contributed by atoms with Gasteiger partial charge in [-0.1, -0.05) is 0 Å². The molecule has 0 bridgehead atoms. The summed E-state index contributed by atoms with van der Waals surface area (Å²) >= 11 is 5.65. The molecule has 2 heterocycles. The maximum absolute atomic E-state index is 11.6. The van der Waals surface area contributed by atoms with Crippen LogP contribution >= 0.6 is 11.6 Å². The number of hydrogen-bond acceptors (Lipinski definition) is 4. The third-order valence-corrected chi connectivity index (χ3v) is 2.73. The van der Waals surface area contributed by atoms with Crippen LogP contribution in [-0.2, 0) is 4.79 Å². The molecule has 3 rings (SSSR count). The first-order valence-electron chi connectivity index (χ1n) is 4.32. The Hall–Kier alpha value is -1.36. The Balaban J connectivity index is 2.07. The largest absolute Gasteiger partial charge is 0.354 e. The summed E-state index contributed by atoms with van der Waals surface area (Å²) in [6.07, 6.45) is 3.20. The molecule has 0 radical (unpaired) electrons. The molecule has 1 aromatic rings. The predicted octanol–water partition coefficient (Wildman–Crippen LogP) is 1.03. The van der Waals surface area contributed by atoms with Gasteiger partial charge in [0.2, 0.25) is 11.2 Å². The lowest BCUT2D eigenvalue weighted by atomic mass is 10.2. The molecule has 0 unspecified atom stereocenters. The molecule has 1 aliphatic carbocycles. The lowest BCUT2D eigenvalue weighted by molar-refractivity contribution is -0.117. The molecule has 5 nitrogen and oxygen atoms in total. The third kappa shape index (κ3) is 0.988. The second-order valence-corrected chi connectivity index (χ2v) is 3.90. The summed E-state index contributed by atoms with van der Waals surface area (Å²) in [6, 6.07) is 0. The fourth-order valence-electron chi connectivity index (χ4n) is 1.55. The molecule has 14 heavy (non-hydrogen) atoms. The van der Waals surface area contributed by atoms with Gasteiger partial charge in [-0.05, 0) is 24.4 Å². The van der Waals surface area contributed by atoms with E-state index in [1.54, 1.807) is 0 Å². The van der Waals surface area contributed by atoms with Crippen LogP contribution in [-0.4, -0.2) is 21.4 Å². The molecular formula is C8H7ClN4O. The van der Waals surface area contributed by atoms with Gasteiger partial charge in [-0.25, -0.2) is 4.98 Å². The number of halogens is 1. The molecule has 1 amide bonds. The highest BCUT2D eigenvalue weighted by Crippen LogP contribution is 2.44. The fourth-order valence-corrected chi connectivity index (χ4v) is 1.68. The topological polar surface area (TPSA) is 66.9 Å². The van der Waals surface area contributed by atoms with Crippen molar-refractivity contribution in [1.29, 1.82) is 0 Å². The smallest absolute Gasteiger partial charge is 0.250 e. The van der Waals surface area contributed by atoms with Crippen LogP contribution in [0.4, 0.5) is 11.5 Å². The van der Waals surface area contributed by atoms with Crippen molar-refractivity contribution < 1.29 is 4.79 Å². The van der Waals surface area contributed by atoms with E-state index in [1.807, 2.05) is 0 Å². The maximum Gasteiger partial charge on any atom is 0.250 e. The van der Waals surface area contributed by atoms with Gasteiger partial charge in [-0.2, -0.15) is 4.98 Å². The van der Waals surface area contributed by atoms with Crippen molar-refractivity contribution in [2.45, 2.75) is 18.4 Å². The van der Waals surface area contributed by atoms with Gasteiger partial charge in [-0.3, -0.25) is 4.79 Å². The van der Waals surface area contributed by atoms with Crippen molar-refractivity contribution >= 4 is 29.0 Å². The molecule has 1 fully saturated rings. The molecule has 6 heteroatoms. The number of anilines is 2. The zero-order valence-electron chi connectivity index (χ0n) is 7.17. The number of nitrogens with zero attached hydrogens (tertiary/aromatic N) is 2. The summed E-state index contributed by atoms with van der Waals surface area (Å²) in [6.45, 7) is 0. The van der Waals surface area contributed by atoms with Crippen LogP contribution in [0.2, 0.25) is 5.28 Å². The minimum absolute atomic E-state index is 0.00378. The Morgan fingerprint density at radius 3 is 3.00 bits per heavy atom. The summed E-state index contributed by atoms with van der Waals surface area (Å²) in [5.74, 6) is 0.609. The first-order valence-corrected chi connectivity index (χ1v) is 4.70. The number of aromatic nitrogens is 2. The lowest BCUT2D eigenvalue weighted by Crippen LogP contribution is -2.41. The predicted molar refractivity (Wildman–Crippen MR) is 51.3 cm³/mol. The molecule has 0 atom stereocenters. The Bertz CT molecular complexity index is 429. The second-order valence-electron chi connectivity index (χ2n) is 3.56. The van der Waals surface area contributed by atoms with Crippen LogP contribution in [0.1, 0.15) is 12.8 Å². The number of carbonyl (C=O) groups is 1. The van der Waals surface area contributed by atoms with Crippen molar-refractivity contribution in [3.8, 4) is 0 Å². The fraction of sp³-hybridized carbons (Fsp3) is 0.375. The maximum atomic E-state index is 11.6. The van der Waals surface area contributed by atoms with E-state index in [9.17, 15) is 4.79 Å². The van der Waals surface area contributed by atoms with Gasteiger partial charge in [0.25, 0.3) is 0 Å². The average molecular weight is 211 g/mol. The van der Waals surface area contributed by atoms with Crippen LogP contribution in [0.3, 0.4) is 0 Å². The second kappa shape index (κ2) is 2.36. The highest BCUT2D eigenvalue weighted by molar-refractivity contribution is 6.28. The van der Waals surface area contributed by atoms with Crippen LogP contribution in [0.25, 0.3) is 0 Å². The van der Waals surface area contributed by atoms with Crippen molar-refractivity contribution in [3.63, 3.8) is 0 Å². The van der Waals surface area contributed by atoms with Gasteiger partial charge < -0.3 is 10.6 Å². The van der Waals surface area contributed by atoms with Crippen LogP contribution in [0.15, 0.2) is 6.20 Å². The van der Waals surface area contributed by atoms with Crippen LogP contribution in [0.5, 0.6) is 0 Å². The Morgan fingerprint density at radius 2 is 2.29 bits per heavy atom. The number of carbonyl (C=O) groups excluding carboxylic acids is 1. The van der Waals surface area contributed by atoms with E-state index in [0.717, 1.165) is 12.8 Å². The first-order chi connectivity index (χ1) is 6.70. The van der Waals surface area contributed by atoms with Gasteiger partial charge in [0.15, 0.2) is 5.82 Å². The minimum atomic E-state index is -0.426. The van der Waals surface area contributed by atoms with E-state index in [2.05, 4.69) is 20.6 Å². The van der Waals surface area contributed by atoms with Gasteiger partial charge in [-0.15, -0.1) is 0 Å². The molecule has 0 aromatic carbocycles. The molecule has 1 saturated carbocycles. The van der Waals surface area contributed by atoms with E-state index < -0.39 is 5.54 Å². The van der Waals surface area contributed by atoms with Gasteiger partial charge in [0.05, 0.1) is 6.20 Å². The molecule has 2 N–H and O–H groups in total. The standard InChI is InChI=1S/C8H7ClN4O/c9-7-10-3-4-5(12-7)13-8(1-2-8)6(14)11-4/h3H,1-2H2,(H,11,14)(H,10,12,13). The van der Waals surface area contributed by atoms with Crippen molar-refractivity contribution in [2.24, 2.45) is 0 Å². The van der Waals surface area contributed by atoms with E-state index in [-0.39, 0.29) is 11.2 Å². The van der Waals surface area contributed by atoms with E-state index in [1.165, 1.54) is 6.20 Å². The normalized spacial score (nSPS) is 21.1. The zero-order chi connectivity index (χ0) is 9.76. The number of amides is 1. The molecule has 1 aliphatic heterocycles. The van der Waals surface area contributed by atoms with E-state index >= 15 is 0 Å². The van der Waals surface area contributed by atoms with Crippen LogP contribution in [0, 0.1) is 0 Å². The van der Waals surface area contributed by atoms with Crippen molar-refractivity contribution in [2.75, 3.05) is 10.6 Å². The molecular weight excluding hydrogens is 204 g/mol. The molecule has 0 saturated heterocycles. The summed E-state index contributed by atoms with van der Waals surface area (Å²) in [4.78, 5) is 19.4. The first kappa shape index (κ1) is 7.99. The molecule has 2 aliphatic rings. The summed E-state index contributed by atoms with van der Waals surface area (Å²) in [5.41, 5.74) is 0.168. The van der Waals surface area contributed by atoms with E-state index in [0.29, 0.717) is 11.5 Å². The van der Waals surface area contributed by atoms with Crippen molar-refractivity contribution in [1.82, 2.24) is 9.97 Å². The van der Waals surface area contributed by atoms with Gasteiger partial charge >= 0.3 is 0 Å². The van der Waals surface area contributed by atoms with Gasteiger partial charge in [0.1, 0.15) is 11.2 Å². The minimum Gasteiger partial charge on any atom is -0.354 e. The number of rotatable bonds is 0. The Kier molecular flexibility index (Phi) is 1.35. The molecule has 1 aromatic heterocycles. The van der Waals surface area contributed by atoms with E-state index in [4.69, 9.17) is 11.6 Å². The third-order valence-electron chi connectivity index (χ3n) is 2.55. The number of nitrogens with one attached hydrogen (secondary N) is 2. The summed E-state index contributed by atoms with van der Waals surface area (Å²) in [7, 11) is 0. The Labute approximate surface area is 84.9 Å². The highest BCUT2D eigenvalue weighted by Gasteiger charge is 2.52. The molecule has 72 valence electrons. The average Bonchev–Trinajstić information content (AvgIpc) is 2.89.